The highest BCUT2D eigenvalue weighted by Gasteiger charge is 2.06. The predicted octanol–water partition coefficient (Wildman–Crippen LogP) is 2.40. The smallest absolute Gasteiger partial charge is 0.171 e. The number of amidine groups is 1. The number of nitrogens with two attached hydrogens (primary N) is 1. The lowest BCUT2D eigenvalue weighted by atomic mass is 10.1. The fraction of sp³-hybridized carbons (Fsp3) is 0.111. The van der Waals surface area contributed by atoms with Crippen LogP contribution in [0.5, 0.6) is 0 Å². The first-order valence-electron chi connectivity index (χ1n) is 7.56. The highest BCUT2D eigenvalue weighted by atomic mass is 15.2. The van der Waals surface area contributed by atoms with Crippen LogP contribution in [-0.2, 0) is 6.54 Å². The van der Waals surface area contributed by atoms with E-state index in [1.54, 1.807) is 24.8 Å². The second-order valence-corrected chi connectivity index (χ2v) is 5.35. The molecule has 2 aromatic heterocycles. The highest BCUT2D eigenvalue weighted by Crippen LogP contribution is 2.08. The van der Waals surface area contributed by atoms with Gasteiger partial charge in [-0.05, 0) is 24.6 Å². The number of hydrogen-bond donors (Lipinski definition) is 1. The van der Waals surface area contributed by atoms with E-state index >= 15 is 0 Å². The Morgan fingerprint density at radius 3 is 2.58 bits per heavy atom. The van der Waals surface area contributed by atoms with Crippen LogP contribution in [0.2, 0.25) is 0 Å². The minimum Gasteiger partial charge on any atom is -0.380 e. The van der Waals surface area contributed by atoms with E-state index in [0.29, 0.717) is 12.2 Å². The monoisotopic (exact) mass is 318 g/mol. The van der Waals surface area contributed by atoms with E-state index in [4.69, 9.17) is 5.73 Å². The second kappa shape index (κ2) is 7.32. The standard InChI is InChI=1S/C18H18N6/c1-14-5-7-15(8-6-14)17(12-24-11-10-20-13-24)22-23-18(19)16-4-2-3-9-21-16/h2-11,13H,12H2,1H3,(H2,19,23)/b22-17+. The molecule has 0 saturated heterocycles. The van der Waals surface area contributed by atoms with Gasteiger partial charge in [0.2, 0.25) is 0 Å². The summed E-state index contributed by atoms with van der Waals surface area (Å²) in [5.74, 6) is 0.283. The maximum atomic E-state index is 5.98. The van der Waals surface area contributed by atoms with Crippen LogP contribution in [0.4, 0.5) is 0 Å². The first-order valence-corrected chi connectivity index (χ1v) is 7.56. The number of pyridine rings is 1. The third-order valence-electron chi connectivity index (χ3n) is 3.48. The van der Waals surface area contributed by atoms with Gasteiger partial charge in [0, 0.05) is 18.6 Å². The molecule has 0 atom stereocenters. The van der Waals surface area contributed by atoms with Crippen molar-refractivity contribution in [1.29, 1.82) is 0 Å². The van der Waals surface area contributed by atoms with E-state index in [0.717, 1.165) is 11.3 Å². The number of rotatable bonds is 5. The van der Waals surface area contributed by atoms with Gasteiger partial charge in [-0.15, -0.1) is 5.10 Å². The average Bonchev–Trinajstić information content (AvgIpc) is 3.13. The summed E-state index contributed by atoms with van der Waals surface area (Å²) in [7, 11) is 0. The SMILES string of the molecule is Cc1ccc(/C(Cn2ccnc2)=N/N=C(\N)c2ccccn2)cc1. The summed E-state index contributed by atoms with van der Waals surface area (Å²) >= 11 is 0. The lowest BCUT2D eigenvalue weighted by Gasteiger charge is -2.07. The Balaban J connectivity index is 1.92. The summed E-state index contributed by atoms with van der Waals surface area (Å²) in [6.07, 6.45) is 7.04. The maximum Gasteiger partial charge on any atom is 0.171 e. The summed E-state index contributed by atoms with van der Waals surface area (Å²) < 4.78 is 1.94. The molecular weight excluding hydrogens is 300 g/mol. The topological polar surface area (TPSA) is 81.5 Å². The van der Waals surface area contributed by atoms with Crippen molar-refractivity contribution in [2.45, 2.75) is 13.5 Å². The molecule has 0 unspecified atom stereocenters. The van der Waals surface area contributed by atoms with Crippen LogP contribution in [0.3, 0.4) is 0 Å². The van der Waals surface area contributed by atoms with Crippen molar-refractivity contribution in [3.8, 4) is 0 Å². The molecule has 0 spiro atoms. The lowest BCUT2D eigenvalue weighted by Crippen LogP contribution is -2.15. The Bertz CT molecular complexity index is 833. The zero-order valence-corrected chi connectivity index (χ0v) is 13.4. The van der Waals surface area contributed by atoms with Gasteiger partial charge in [-0.1, -0.05) is 35.9 Å². The van der Waals surface area contributed by atoms with Crippen LogP contribution in [-0.4, -0.2) is 26.1 Å². The van der Waals surface area contributed by atoms with E-state index in [1.807, 2.05) is 54.1 Å². The van der Waals surface area contributed by atoms with Crippen molar-refractivity contribution in [2.24, 2.45) is 15.9 Å². The third-order valence-corrected chi connectivity index (χ3v) is 3.48. The van der Waals surface area contributed by atoms with Crippen LogP contribution in [0.1, 0.15) is 16.8 Å². The minimum absolute atomic E-state index is 0.283. The zero-order chi connectivity index (χ0) is 16.8. The van der Waals surface area contributed by atoms with Crippen molar-refractivity contribution < 1.29 is 0 Å². The summed E-state index contributed by atoms with van der Waals surface area (Å²) in [4.78, 5) is 8.24. The molecule has 0 amide bonds. The van der Waals surface area contributed by atoms with E-state index in [1.165, 1.54) is 5.56 Å². The van der Waals surface area contributed by atoms with Crippen molar-refractivity contribution in [1.82, 2.24) is 14.5 Å². The van der Waals surface area contributed by atoms with Gasteiger partial charge in [0.05, 0.1) is 18.6 Å². The molecule has 6 nitrogen and oxygen atoms in total. The van der Waals surface area contributed by atoms with Gasteiger partial charge in [0.1, 0.15) is 5.69 Å². The Morgan fingerprint density at radius 2 is 1.92 bits per heavy atom. The molecule has 0 aliphatic carbocycles. The van der Waals surface area contributed by atoms with Gasteiger partial charge in [0.25, 0.3) is 0 Å². The number of aromatic nitrogens is 3. The van der Waals surface area contributed by atoms with Crippen LogP contribution < -0.4 is 5.73 Å². The summed E-state index contributed by atoms with van der Waals surface area (Å²) in [6.45, 7) is 2.61. The van der Waals surface area contributed by atoms with Crippen LogP contribution in [0, 0.1) is 6.92 Å². The molecule has 0 fully saturated rings. The number of nitrogens with zero attached hydrogens (tertiary/aromatic N) is 5. The quantitative estimate of drug-likeness (QED) is 0.445. The molecule has 0 aliphatic heterocycles. The van der Waals surface area contributed by atoms with Gasteiger partial charge in [-0.2, -0.15) is 5.10 Å². The van der Waals surface area contributed by atoms with Gasteiger partial charge >= 0.3 is 0 Å². The van der Waals surface area contributed by atoms with Gasteiger partial charge in [-0.3, -0.25) is 4.98 Å². The molecular formula is C18H18N6. The molecule has 0 bridgehead atoms. The van der Waals surface area contributed by atoms with Crippen LogP contribution in [0.15, 0.2) is 77.6 Å². The molecule has 0 saturated carbocycles. The molecule has 6 heteroatoms. The molecule has 120 valence electrons. The minimum atomic E-state index is 0.283. The largest absolute Gasteiger partial charge is 0.380 e. The number of hydrogen-bond acceptors (Lipinski definition) is 4. The van der Waals surface area contributed by atoms with E-state index in [-0.39, 0.29) is 5.84 Å². The Morgan fingerprint density at radius 1 is 1.08 bits per heavy atom. The summed E-state index contributed by atoms with van der Waals surface area (Å²) in [6, 6.07) is 13.6. The van der Waals surface area contributed by atoms with Gasteiger partial charge in [0.15, 0.2) is 5.84 Å². The Hall–Kier alpha value is -3.28. The summed E-state index contributed by atoms with van der Waals surface area (Å²) in [5, 5.41) is 8.53. The predicted molar refractivity (Wildman–Crippen MR) is 94.9 cm³/mol. The average molecular weight is 318 g/mol. The molecule has 2 heterocycles. The first-order chi connectivity index (χ1) is 11.7. The fourth-order valence-corrected chi connectivity index (χ4v) is 2.16. The van der Waals surface area contributed by atoms with Crippen molar-refractivity contribution in [3.63, 3.8) is 0 Å². The van der Waals surface area contributed by atoms with E-state index in [2.05, 4.69) is 20.2 Å². The molecule has 24 heavy (non-hydrogen) atoms. The first kappa shape index (κ1) is 15.6. The van der Waals surface area contributed by atoms with Crippen LogP contribution in [0.25, 0.3) is 0 Å². The molecule has 0 radical (unpaired) electrons. The van der Waals surface area contributed by atoms with Crippen molar-refractivity contribution in [3.05, 3.63) is 84.2 Å². The number of aryl methyl sites for hydroxylation is 1. The van der Waals surface area contributed by atoms with Crippen molar-refractivity contribution in [2.75, 3.05) is 0 Å². The number of imidazole rings is 1. The lowest BCUT2D eigenvalue weighted by molar-refractivity contribution is 0.846. The highest BCUT2D eigenvalue weighted by molar-refractivity contribution is 6.01. The maximum absolute atomic E-state index is 5.98. The van der Waals surface area contributed by atoms with E-state index in [9.17, 15) is 0 Å². The molecule has 3 aromatic rings. The van der Waals surface area contributed by atoms with Gasteiger partial charge in [-0.25, -0.2) is 4.98 Å². The Labute approximate surface area is 140 Å². The van der Waals surface area contributed by atoms with Gasteiger partial charge < -0.3 is 10.3 Å². The van der Waals surface area contributed by atoms with E-state index < -0.39 is 0 Å². The molecule has 2 N–H and O–H groups in total. The number of benzene rings is 1. The Kier molecular flexibility index (Phi) is 4.76. The van der Waals surface area contributed by atoms with Crippen molar-refractivity contribution >= 4 is 11.5 Å². The second-order valence-electron chi connectivity index (χ2n) is 5.35. The zero-order valence-electron chi connectivity index (χ0n) is 13.4. The normalized spacial score (nSPS) is 12.4. The summed E-state index contributed by atoms with van der Waals surface area (Å²) in [5.41, 5.74) is 9.57. The molecule has 3 rings (SSSR count). The third kappa shape index (κ3) is 3.92. The van der Waals surface area contributed by atoms with Crippen LogP contribution >= 0.6 is 0 Å². The molecule has 1 aromatic carbocycles. The fourth-order valence-electron chi connectivity index (χ4n) is 2.16. The molecule has 0 aliphatic rings.